The molecule has 1 atom stereocenters. The first-order valence-electron chi connectivity index (χ1n) is 15.1. The van der Waals surface area contributed by atoms with Crippen LogP contribution < -0.4 is 0 Å². The summed E-state index contributed by atoms with van der Waals surface area (Å²) in [6.45, 7) is 5.30. The quantitative estimate of drug-likeness (QED) is 0.0940. The molecule has 0 amide bonds. The van der Waals surface area contributed by atoms with E-state index in [1.54, 1.807) is 0 Å². The minimum absolute atomic E-state index is 0.532. The minimum Gasteiger partial charge on any atom is -0.368 e. The lowest BCUT2D eigenvalue weighted by Gasteiger charge is -2.12. The average molecular weight is 455 g/mol. The predicted octanol–water partition coefficient (Wildman–Crippen LogP) is 10.5. The fourth-order valence-electron chi connectivity index (χ4n) is 4.58. The summed E-state index contributed by atoms with van der Waals surface area (Å²) in [7, 11) is 0. The molecule has 0 aromatic carbocycles. The van der Waals surface area contributed by atoms with Gasteiger partial charge in [-0.1, -0.05) is 162 Å². The van der Waals surface area contributed by atoms with Crippen molar-refractivity contribution >= 4 is 0 Å². The molecule has 0 fully saturated rings. The van der Waals surface area contributed by atoms with Crippen LogP contribution in [-0.2, 0) is 4.74 Å². The van der Waals surface area contributed by atoms with E-state index in [0.29, 0.717) is 0 Å². The Morgan fingerprint density at radius 2 is 0.688 bits per heavy atom. The zero-order valence-corrected chi connectivity index (χ0v) is 22.5. The van der Waals surface area contributed by atoms with Crippen molar-refractivity contribution in [2.24, 2.45) is 0 Å². The van der Waals surface area contributed by atoms with Crippen LogP contribution in [0.1, 0.15) is 181 Å². The standard InChI is InChI=1S/C30H62O2/c1-3-5-7-9-11-13-15-17-19-21-23-25-27-29-32-30(31)28-26-24-22-20-18-16-14-12-10-8-6-4-2/h30-31H,3-29H2,1-2H3. The molecule has 2 heteroatoms. The van der Waals surface area contributed by atoms with Crippen LogP contribution in [0.2, 0.25) is 0 Å². The Kier molecular flexibility index (Phi) is 28.9. The average Bonchev–Trinajstić information content (AvgIpc) is 2.80. The highest BCUT2D eigenvalue weighted by atomic mass is 16.6. The lowest BCUT2D eigenvalue weighted by atomic mass is 10.0. The SMILES string of the molecule is CCCCCCCCCCCCCCCOC(O)CCCCCCCCCCCCCC. The normalized spacial score (nSPS) is 12.5. The third-order valence-electron chi connectivity index (χ3n) is 6.86. The molecule has 0 saturated heterocycles. The van der Waals surface area contributed by atoms with E-state index >= 15 is 0 Å². The number of rotatable bonds is 28. The van der Waals surface area contributed by atoms with Crippen molar-refractivity contribution in [2.45, 2.75) is 187 Å². The van der Waals surface area contributed by atoms with Crippen LogP contribution in [0.4, 0.5) is 0 Å². The molecule has 1 N–H and O–H groups in total. The van der Waals surface area contributed by atoms with Crippen LogP contribution in [0, 0.1) is 0 Å². The molecule has 0 aromatic rings. The van der Waals surface area contributed by atoms with Crippen LogP contribution in [0.25, 0.3) is 0 Å². The second-order valence-corrected chi connectivity index (χ2v) is 10.2. The van der Waals surface area contributed by atoms with Gasteiger partial charge in [0.25, 0.3) is 0 Å². The van der Waals surface area contributed by atoms with Gasteiger partial charge in [-0.3, -0.25) is 0 Å². The molecule has 0 rings (SSSR count). The lowest BCUT2D eigenvalue weighted by molar-refractivity contribution is -0.105. The molecule has 0 spiro atoms. The molecule has 194 valence electrons. The van der Waals surface area contributed by atoms with Crippen molar-refractivity contribution in [1.29, 1.82) is 0 Å². The van der Waals surface area contributed by atoms with Gasteiger partial charge in [0, 0.05) is 6.61 Å². The molecule has 2 nitrogen and oxygen atoms in total. The Bertz CT molecular complexity index is 318. The molecule has 0 aliphatic rings. The van der Waals surface area contributed by atoms with Crippen molar-refractivity contribution in [3.63, 3.8) is 0 Å². The van der Waals surface area contributed by atoms with Crippen molar-refractivity contribution in [3.05, 3.63) is 0 Å². The molecule has 0 aromatic heterocycles. The van der Waals surface area contributed by atoms with Crippen LogP contribution >= 0.6 is 0 Å². The monoisotopic (exact) mass is 454 g/mol. The highest BCUT2D eigenvalue weighted by Gasteiger charge is 2.03. The molecule has 0 bridgehead atoms. The van der Waals surface area contributed by atoms with E-state index in [4.69, 9.17) is 4.74 Å². The minimum atomic E-state index is -0.532. The molecular weight excluding hydrogens is 392 g/mol. The fraction of sp³-hybridized carbons (Fsp3) is 1.00. The maximum Gasteiger partial charge on any atom is 0.154 e. The number of hydrogen-bond donors (Lipinski definition) is 1. The van der Waals surface area contributed by atoms with Gasteiger partial charge < -0.3 is 9.84 Å². The molecule has 0 aliphatic carbocycles. The van der Waals surface area contributed by atoms with E-state index in [1.807, 2.05) is 0 Å². The second kappa shape index (κ2) is 29.0. The van der Waals surface area contributed by atoms with Crippen molar-refractivity contribution in [1.82, 2.24) is 0 Å². The summed E-state index contributed by atoms with van der Waals surface area (Å²) >= 11 is 0. The maximum atomic E-state index is 9.98. The van der Waals surface area contributed by atoms with Crippen LogP contribution in [0.3, 0.4) is 0 Å². The molecule has 1 unspecified atom stereocenters. The van der Waals surface area contributed by atoms with Gasteiger partial charge in [0.15, 0.2) is 6.29 Å². The second-order valence-electron chi connectivity index (χ2n) is 10.2. The van der Waals surface area contributed by atoms with Crippen molar-refractivity contribution < 1.29 is 9.84 Å². The van der Waals surface area contributed by atoms with Gasteiger partial charge in [0.2, 0.25) is 0 Å². The first kappa shape index (κ1) is 31.9. The van der Waals surface area contributed by atoms with Gasteiger partial charge in [-0.15, -0.1) is 0 Å². The number of aliphatic hydroxyl groups excluding tert-OH is 1. The topological polar surface area (TPSA) is 29.5 Å². The Morgan fingerprint density at radius 3 is 1.03 bits per heavy atom. The summed E-state index contributed by atoms with van der Waals surface area (Å²) in [6, 6.07) is 0. The molecule has 32 heavy (non-hydrogen) atoms. The van der Waals surface area contributed by atoms with Gasteiger partial charge >= 0.3 is 0 Å². The summed E-state index contributed by atoms with van der Waals surface area (Å²) in [5.41, 5.74) is 0. The van der Waals surface area contributed by atoms with E-state index in [2.05, 4.69) is 13.8 Å². The Labute approximate surface area is 203 Å². The fourth-order valence-corrected chi connectivity index (χ4v) is 4.58. The van der Waals surface area contributed by atoms with Gasteiger partial charge in [-0.05, 0) is 19.3 Å². The van der Waals surface area contributed by atoms with Crippen LogP contribution in [-0.4, -0.2) is 18.0 Å². The zero-order chi connectivity index (χ0) is 23.4. The highest BCUT2D eigenvalue weighted by molar-refractivity contribution is 4.52. The molecule has 0 aliphatic heterocycles. The lowest BCUT2D eigenvalue weighted by Crippen LogP contribution is -2.12. The number of unbranched alkanes of at least 4 members (excludes halogenated alkanes) is 23. The molecular formula is C30H62O2. The predicted molar refractivity (Wildman–Crippen MR) is 143 cm³/mol. The molecule has 0 radical (unpaired) electrons. The van der Waals surface area contributed by atoms with E-state index in [9.17, 15) is 5.11 Å². The first-order chi connectivity index (χ1) is 15.8. The maximum absolute atomic E-state index is 9.98. The summed E-state index contributed by atoms with van der Waals surface area (Å²) in [6.07, 6.45) is 34.5. The van der Waals surface area contributed by atoms with E-state index in [-0.39, 0.29) is 0 Å². The summed E-state index contributed by atoms with van der Waals surface area (Å²) in [4.78, 5) is 0. The molecule has 0 heterocycles. The summed E-state index contributed by atoms with van der Waals surface area (Å²) < 4.78 is 5.60. The highest BCUT2D eigenvalue weighted by Crippen LogP contribution is 2.14. The van der Waals surface area contributed by atoms with E-state index < -0.39 is 6.29 Å². The van der Waals surface area contributed by atoms with Crippen molar-refractivity contribution in [3.8, 4) is 0 Å². The van der Waals surface area contributed by atoms with Gasteiger partial charge in [0.05, 0.1) is 0 Å². The van der Waals surface area contributed by atoms with Gasteiger partial charge in [-0.2, -0.15) is 0 Å². The van der Waals surface area contributed by atoms with E-state index in [0.717, 1.165) is 25.9 Å². The number of hydrogen-bond acceptors (Lipinski definition) is 2. The Hall–Kier alpha value is -0.0800. The largest absolute Gasteiger partial charge is 0.368 e. The Morgan fingerprint density at radius 1 is 0.406 bits per heavy atom. The summed E-state index contributed by atoms with van der Waals surface area (Å²) in [5.74, 6) is 0. The number of aliphatic hydroxyl groups is 1. The van der Waals surface area contributed by atoms with Crippen molar-refractivity contribution in [2.75, 3.05) is 6.61 Å². The van der Waals surface area contributed by atoms with Crippen LogP contribution in [0.15, 0.2) is 0 Å². The third kappa shape index (κ3) is 28.0. The van der Waals surface area contributed by atoms with Gasteiger partial charge in [-0.25, -0.2) is 0 Å². The smallest absolute Gasteiger partial charge is 0.154 e. The first-order valence-corrected chi connectivity index (χ1v) is 15.1. The Balaban J connectivity index is 3.13. The van der Waals surface area contributed by atoms with E-state index in [1.165, 1.54) is 148 Å². The molecule has 0 saturated carbocycles. The van der Waals surface area contributed by atoms with Crippen LogP contribution in [0.5, 0.6) is 0 Å². The number of ether oxygens (including phenoxy) is 1. The zero-order valence-electron chi connectivity index (χ0n) is 22.5. The third-order valence-corrected chi connectivity index (χ3v) is 6.86. The van der Waals surface area contributed by atoms with Gasteiger partial charge in [0.1, 0.15) is 0 Å². The summed E-state index contributed by atoms with van der Waals surface area (Å²) in [5, 5.41) is 9.98.